The van der Waals surface area contributed by atoms with Crippen molar-refractivity contribution in [2.75, 3.05) is 13.7 Å². The molecule has 1 rings (SSSR count). The molecule has 0 aliphatic heterocycles. The number of likely N-dealkylation sites (N-methyl/N-ethyl adjacent to an activating group) is 1. The van der Waals surface area contributed by atoms with E-state index >= 15 is 0 Å². The highest BCUT2D eigenvalue weighted by Crippen LogP contribution is 2.25. The molecule has 1 aromatic rings. The Morgan fingerprint density at radius 3 is 2.40 bits per heavy atom. The van der Waals surface area contributed by atoms with Gasteiger partial charge < -0.3 is 14.7 Å². The van der Waals surface area contributed by atoms with Gasteiger partial charge in [-0.25, -0.2) is 4.79 Å². The predicted molar refractivity (Wildman–Crippen MR) is 76.2 cm³/mol. The van der Waals surface area contributed by atoms with E-state index in [1.807, 2.05) is 13.0 Å². The number of hydrogen-bond donors (Lipinski definition) is 1. The molecule has 1 amide bonds. The zero-order chi connectivity index (χ0) is 15.5. The molecule has 5 heteroatoms. The van der Waals surface area contributed by atoms with Gasteiger partial charge in [-0.2, -0.15) is 0 Å². The Bertz CT molecular complexity index is 523. The molecular weight excluding hydrogens is 258 g/mol. The molecule has 0 aliphatic carbocycles. The van der Waals surface area contributed by atoms with Gasteiger partial charge in [-0.05, 0) is 39.8 Å². The number of carbonyl (C=O) groups excluding carboxylic acids is 1. The number of nitrogens with zero attached hydrogens (tertiary/aromatic N) is 1. The quantitative estimate of drug-likeness (QED) is 0.898. The maximum atomic E-state index is 12.6. The normalized spacial score (nSPS) is 11.1. The van der Waals surface area contributed by atoms with Crippen LogP contribution in [0.5, 0.6) is 5.75 Å². The molecule has 0 atom stereocenters. The summed E-state index contributed by atoms with van der Waals surface area (Å²) in [4.78, 5) is 25.3. The largest absolute Gasteiger partial charge is 0.496 e. The molecule has 0 heterocycles. The van der Waals surface area contributed by atoms with Crippen LogP contribution >= 0.6 is 0 Å². The van der Waals surface area contributed by atoms with Gasteiger partial charge in [0.25, 0.3) is 5.91 Å². The van der Waals surface area contributed by atoms with Crippen molar-refractivity contribution in [1.82, 2.24) is 4.90 Å². The summed E-state index contributed by atoms with van der Waals surface area (Å²) in [6, 6.07) is 5.26. The fraction of sp³-hybridized carbons (Fsp3) is 0.467. The summed E-state index contributed by atoms with van der Waals surface area (Å²) < 4.78 is 5.19. The van der Waals surface area contributed by atoms with E-state index in [1.54, 1.807) is 19.1 Å². The van der Waals surface area contributed by atoms with Crippen LogP contribution in [0.2, 0.25) is 0 Å². The van der Waals surface area contributed by atoms with Crippen molar-refractivity contribution in [2.45, 2.75) is 33.2 Å². The molecule has 0 unspecified atom stereocenters. The van der Waals surface area contributed by atoms with Crippen LogP contribution in [0.3, 0.4) is 0 Å². The van der Waals surface area contributed by atoms with Gasteiger partial charge in [0.15, 0.2) is 0 Å². The van der Waals surface area contributed by atoms with Gasteiger partial charge in [-0.15, -0.1) is 0 Å². The lowest BCUT2D eigenvalue weighted by Crippen LogP contribution is -2.53. The fourth-order valence-electron chi connectivity index (χ4n) is 2.04. The first kappa shape index (κ1) is 16.0. The number of aliphatic carboxylic acids is 1. The predicted octanol–water partition coefficient (Wildman–Crippen LogP) is 2.33. The second-order valence-electron chi connectivity index (χ2n) is 5.12. The zero-order valence-corrected chi connectivity index (χ0v) is 12.6. The molecule has 1 aromatic carbocycles. The van der Waals surface area contributed by atoms with E-state index in [1.165, 1.54) is 25.9 Å². The highest BCUT2D eigenvalue weighted by molar-refractivity contribution is 6.00. The fourth-order valence-corrected chi connectivity index (χ4v) is 2.04. The molecule has 1 N–H and O–H groups in total. The van der Waals surface area contributed by atoms with Crippen molar-refractivity contribution in [1.29, 1.82) is 0 Å². The molecule has 0 saturated carbocycles. The van der Waals surface area contributed by atoms with Crippen molar-refractivity contribution < 1.29 is 19.4 Å². The molecule has 0 fully saturated rings. The van der Waals surface area contributed by atoms with Gasteiger partial charge in [0.05, 0.1) is 12.7 Å². The number of amides is 1. The second kappa shape index (κ2) is 5.94. The molecule has 0 aliphatic rings. The van der Waals surface area contributed by atoms with E-state index in [2.05, 4.69) is 0 Å². The van der Waals surface area contributed by atoms with Crippen LogP contribution < -0.4 is 4.74 Å². The van der Waals surface area contributed by atoms with Crippen LogP contribution in [0, 0.1) is 6.92 Å². The van der Waals surface area contributed by atoms with Crippen LogP contribution in [0.15, 0.2) is 18.2 Å². The Labute approximate surface area is 119 Å². The third-order valence-electron chi connectivity index (χ3n) is 3.34. The Morgan fingerprint density at radius 1 is 1.35 bits per heavy atom. The first-order chi connectivity index (χ1) is 9.25. The van der Waals surface area contributed by atoms with Gasteiger partial charge >= 0.3 is 5.97 Å². The summed E-state index contributed by atoms with van der Waals surface area (Å²) in [5, 5.41) is 9.29. The summed E-state index contributed by atoms with van der Waals surface area (Å²) in [6.45, 7) is 6.95. The summed E-state index contributed by atoms with van der Waals surface area (Å²) in [5.74, 6) is -0.944. The van der Waals surface area contributed by atoms with Crippen LogP contribution in [-0.2, 0) is 4.79 Å². The van der Waals surface area contributed by atoms with Crippen LogP contribution in [0.25, 0.3) is 0 Å². The second-order valence-corrected chi connectivity index (χ2v) is 5.12. The minimum Gasteiger partial charge on any atom is -0.496 e. The third-order valence-corrected chi connectivity index (χ3v) is 3.34. The lowest BCUT2D eigenvalue weighted by molar-refractivity contribution is -0.147. The number of carboxylic acid groups (broad SMARTS) is 1. The zero-order valence-electron chi connectivity index (χ0n) is 12.6. The highest BCUT2D eigenvalue weighted by Gasteiger charge is 2.38. The van der Waals surface area contributed by atoms with E-state index in [4.69, 9.17) is 4.74 Å². The summed E-state index contributed by atoms with van der Waals surface area (Å²) >= 11 is 0. The highest BCUT2D eigenvalue weighted by atomic mass is 16.5. The van der Waals surface area contributed by atoms with Crippen LogP contribution in [0.1, 0.15) is 36.7 Å². The van der Waals surface area contributed by atoms with Gasteiger partial charge in [0.1, 0.15) is 11.3 Å². The minimum atomic E-state index is -1.28. The number of carbonyl (C=O) groups is 2. The Balaban J connectivity index is 3.28. The van der Waals surface area contributed by atoms with Crippen molar-refractivity contribution in [2.24, 2.45) is 0 Å². The molecule has 20 heavy (non-hydrogen) atoms. The Kier molecular flexibility index (Phi) is 4.76. The molecule has 5 nitrogen and oxygen atoms in total. The number of methoxy groups -OCH3 is 1. The molecule has 0 spiro atoms. The van der Waals surface area contributed by atoms with E-state index < -0.39 is 11.5 Å². The lowest BCUT2D eigenvalue weighted by Gasteiger charge is -2.34. The topological polar surface area (TPSA) is 66.8 Å². The standard InChI is InChI=1S/C15H21NO4/c1-6-16(15(3,4)14(18)19)13(17)11-9-10(2)7-8-12(11)20-5/h7-9H,6H2,1-5H3,(H,18,19). The number of carboxylic acids is 1. The SMILES string of the molecule is CCN(C(=O)c1cc(C)ccc1OC)C(C)(C)C(=O)O. The maximum Gasteiger partial charge on any atom is 0.329 e. The Hall–Kier alpha value is -2.04. The summed E-state index contributed by atoms with van der Waals surface area (Å²) in [6.07, 6.45) is 0. The van der Waals surface area contributed by atoms with Crippen molar-refractivity contribution >= 4 is 11.9 Å². The first-order valence-corrected chi connectivity index (χ1v) is 6.45. The van der Waals surface area contributed by atoms with Gasteiger partial charge in [-0.3, -0.25) is 4.79 Å². The number of rotatable bonds is 5. The molecule has 0 radical (unpaired) electrons. The monoisotopic (exact) mass is 279 g/mol. The lowest BCUT2D eigenvalue weighted by atomic mass is 10.0. The van der Waals surface area contributed by atoms with E-state index in [0.717, 1.165) is 5.56 Å². The third kappa shape index (κ3) is 2.92. The number of aryl methyl sites for hydroxylation is 1. The van der Waals surface area contributed by atoms with Crippen molar-refractivity contribution in [3.8, 4) is 5.75 Å². The molecule has 110 valence electrons. The Morgan fingerprint density at radius 2 is 1.95 bits per heavy atom. The average Bonchev–Trinajstić information content (AvgIpc) is 2.38. The number of benzene rings is 1. The van der Waals surface area contributed by atoms with E-state index in [9.17, 15) is 14.7 Å². The smallest absolute Gasteiger partial charge is 0.329 e. The molecule has 0 aromatic heterocycles. The van der Waals surface area contributed by atoms with Gasteiger partial charge in [-0.1, -0.05) is 11.6 Å². The van der Waals surface area contributed by atoms with Crippen molar-refractivity contribution in [3.63, 3.8) is 0 Å². The van der Waals surface area contributed by atoms with Crippen LogP contribution in [-0.4, -0.2) is 41.1 Å². The average molecular weight is 279 g/mol. The van der Waals surface area contributed by atoms with Gasteiger partial charge in [0, 0.05) is 6.54 Å². The van der Waals surface area contributed by atoms with E-state index in [0.29, 0.717) is 17.9 Å². The summed E-state index contributed by atoms with van der Waals surface area (Å²) in [5.41, 5.74) is 0.0163. The maximum absolute atomic E-state index is 12.6. The van der Waals surface area contributed by atoms with Crippen LogP contribution in [0.4, 0.5) is 0 Å². The molecule has 0 bridgehead atoms. The van der Waals surface area contributed by atoms with Crippen molar-refractivity contribution in [3.05, 3.63) is 29.3 Å². The number of ether oxygens (including phenoxy) is 1. The minimum absolute atomic E-state index is 0.301. The summed E-state index contributed by atoms with van der Waals surface area (Å²) in [7, 11) is 1.49. The molecule has 0 saturated heterocycles. The molecular formula is C15H21NO4. The number of hydrogen-bond acceptors (Lipinski definition) is 3. The van der Waals surface area contributed by atoms with E-state index in [-0.39, 0.29) is 5.91 Å². The van der Waals surface area contributed by atoms with Gasteiger partial charge in [0.2, 0.25) is 0 Å². The first-order valence-electron chi connectivity index (χ1n) is 6.45.